The zero-order chi connectivity index (χ0) is 36.2. The van der Waals surface area contributed by atoms with Gasteiger partial charge in [0.2, 0.25) is 0 Å². The van der Waals surface area contributed by atoms with Crippen LogP contribution >= 0.6 is 11.8 Å². The Labute approximate surface area is 322 Å². The number of nitrogens with zero attached hydrogens (tertiary/aromatic N) is 3. The molecular weight excluding hydrogens is 675 g/mol. The molecule has 0 N–H and O–H groups in total. The van der Waals surface area contributed by atoms with Gasteiger partial charge in [0, 0.05) is 43.9 Å². The minimum absolute atomic E-state index is 0.0921. The third-order valence-electron chi connectivity index (χ3n) is 11.4. The molecule has 4 heteroatoms. The second-order valence-corrected chi connectivity index (χ2v) is 16.3. The molecule has 3 nitrogen and oxygen atoms in total. The van der Waals surface area contributed by atoms with Crippen molar-refractivity contribution in [3.05, 3.63) is 197 Å². The quantitative estimate of drug-likeness (QED) is 0.164. The number of aromatic nitrogens is 2. The number of imidazole rings is 1. The summed E-state index contributed by atoms with van der Waals surface area (Å²) >= 11 is 2.00. The van der Waals surface area contributed by atoms with Gasteiger partial charge in [-0.15, -0.1) is 11.8 Å². The highest BCUT2D eigenvalue weighted by atomic mass is 32.2. The lowest BCUT2D eigenvalue weighted by Crippen LogP contribution is -2.16. The fourth-order valence-corrected chi connectivity index (χ4v) is 9.86. The molecule has 0 radical (unpaired) electrons. The van der Waals surface area contributed by atoms with Crippen molar-refractivity contribution in [1.29, 1.82) is 0 Å². The van der Waals surface area contributed by atoms with Crippen LogP contribution in [0.3, 0.4) is 0 Å². The highest BCUT2D eigenvalue weighted by Crippen LogP contribution is 2.51. The lowest BCUT2D eigenvalue weighted by atomic mass is 9.82. The van der Waals surface area contributed by atoms with Crippen molar-refractivity contribution in [2.24, 2.45) is 0 Å². The van der Waals surface area contributed by atoms with E-state index in [0.29, 0.717) is 5.25 Å². The van der Waals surface area contributed by atoms with E-state index in [1.807, 2.05) is 11.8 Å². The summed E-state index contributed by atoms with van der Waals surface area (Å²) in [6.07, 6.45) is 12.8. The maximum Gasteiger partial charge on any atom is 0.145 e. The van der Waals surface area contributed by atoms with E-state index in [2.05, 4.69) is 193 Å². The number of anilines is 3. The topological polar surface area (TPSA) is 21.1 Å². The first-order valence-corrected chi connectivity index (χ1v) is 19.9. The first-order valence-electron chi connectivity index (χ1n) is 19.0. The van der Waals surface area contributed by atoms with E-state index in [1.54, 1.807) is 0 Å². The normalized spacial score (nSPS) is 16.9. The zero-order valence-corrected chi connectivity index (χ0v) is 31.4. The van der Waals surface area contributed by atoms with Gasteiger partial charge >= 0.3 is 0 Å². The number of para-hydroxylation sites is 3. The van der Waals surface area contributed by atoms with Gasteiger partial charge in [0.25, 0.3) is 0 Å². The Hall–Kier alpha value is -5.84. The molecule has 0 saturated heterocycles. The Morgan fingerprint density at radius 3 is 2.17 bits per heavy atom. The first-order chi connectivity index (χ1) is 26.5. The zero-order valence-electron chi connectivity index (χ0n) is 30.6. The van der Waals surface area contributed by atoms with Gasteiger partial charge in [0.15, 0.2) is 0 Å². The predicted molar refractivity (Wildman–Crippen MR) is 228 cm³/mol. The molecule has 0 spiro atoms. The fraction of sp³-hybridized carbons (Fsp3) is 0.140. The van der Waals surface area contributed by atoms with Crippen molar-refractivity contribution >= 4 is 39.9 Å². The highest BCUT2D eigenvalue weighted by Gasteiger charge is 2.35. The van der Waals surface area contributed by atoms with Crippen molar-refractivity contribution in [3.8, 4) is 28.2 Å². The molecule has 2 aliphatic carbocycles. The maximum absolute atomic E-state index is 5.14. The van der Waals surface area contributed by atoms with Crippen LogP contribution in [0.4, 0.5) is 17.1 Å². The standard InChI is InChI=1S/C50H41N3S/c1-50(2)43-18-10-9-17-41(43)42-30-29-40(33-44(42)50)52(38-25-21-35(22-26-38)48-32-31-47(54-48)34-13-5-3-6-14-34)39-27-23-36(24-28-39)49-51-45-19-11-12-20-46(45)53(49)37-15-7-4-8-16-37/h4-5,7-31,33,48H,3,6,32H2,1-2H3. The number of allylic oxidation sites excluding steroid dienone is 5. The Kier molecular flexibility index (Phi) is 8.03. The van der Waals surface area contributed by atoms with Crippen LogP contribution in [0.15, 0.2) is 180 Å². The molecule has 2 heterocycles. The van der Waals surface area contributed by atoms with Crippen molar-refractivity contribution in [2.75, 3.05) is 4.90 Å². The Morgan fingerprint density at radius 1 is 0.667 bits per heavy atom. The number of benzene rings is 6. The van der Waals surface area contributed by atoms with Crippen LogP contribution in [-0.4, -0.2) is 9.55 Å². The van der Waals surface area contributed by atoms with Crippen molar-refractivity contribution < 1.29 is 0 Å². The van der Waals surface area contributed by atoms with Gasteiger partial charge in [-0.2, -0.15) is 0 Å². The lowest BCUT2D eigenvalue weighted by Gasteiger charge is -2.28. The van der Waals surface area contributed by atoms with Crippen LogP contribution in [0.25, 0.3) is 39.2 Å². The van der Waals surface area contributed by atoms with Gasteiger partial charge in [-0.1, -0.05) is 111 Å². The van der Waals surface area contributed by atoms with E-state index in [0.717, 1.165) is 64.4 Å². The molecule has 0 saturated carbocycles. The molecule has 10 rings (SSSR count). The van der Waals surface area contributed by atoms with E-state index in [4.69, 9.17) is 4.98 Å². The molecule has 1 atom stereocenters. The number of thioether (sulfide) groups is 1. The molecule has 262 valence electrons. The molecule has 0 bridgehead atoms. The van der Waals surface area contributed by atoms with Gasteiger partial charge in [-0.25, -0.2) is 4.98 Å². The summed E-state index contributed by atoms with van der Waals surface area (Å²) in [5.74, 6) is 0.934. The smallest absolute Gasteiger partial charge is 0.145 e. The number of fused-ring (bicyclic) bond motifs is 4. The van der Waals surface area contributed by atoms with Gasteiger partial charge in [0.1, 0.15) is 5.82 Å². The predicted octanol–water partition coefficient (Wildman–Crippen LogP) is 13.8. The third kappa shape index (κ3) is 5.56. The SMILES string of the molecule is CC1(C)c2ccccc2-c2ccc(N(c3ccc(-c4nc5ccccc5n4-c4ccccc4)cc3)c3ccc(C4CC=C(C5=CCCC=C5)S4)cc3)cc21. The maximum atomic E-state index is 5.14. The molecule has 0 fully saturated rings. The van der Waals surface area contributed by atoms with Crippen molar-refractivity contribution in [3.63, 3.8) is 0 Å². The minimum Gasteiger partial charge on any atom is -0.310 e. The van der Waals surface area contributed by atoms with E-state index in [-0.39, 0.29) is 5.41 Å². The van der Waals surface area contributed by atoms with Crippen LogP contribution in [-0.2, 0) is 5.41 Å². The van der Waals surface area contributed by atoms with Crippen LogP contribution in [0, 0.1) is 0 Å². The summed E-state index contributed by atoms with van der Waals surface area (Å²) in [7, 11) is 0. The average molecular weight is 716 g/mol. The summed E-state index contributed by atoms with van der Waals surface area (Å²) in [5.41, 5.74) is 15.8. The molecule has 1 unspecified atom stereocenters. The third-order valence-corrected chi connectivity index (χ3v) is 12.8. The van der Waals surface area contributed by atoms with Crippen LogP contribution in [0.5, 0.6) is 0 Å². The second-order valence-electron chi connectivity index (χ2n) is 15.0. The summed E-state index contributed by atoms with van der Waals surface area (Å²) in [6, 6.07) is 53.1. The van der Waals surface area contributed by atoms with Crippen LogP contribution in [0.1, 0.15) is 55.1 Å². The summed E-state index contributed by atoms with van der Waals surface area (Å²) in [6.45, 7) is 4.71. The van der Waals surface area contributed by atoms with Gasteiger partial charge in [0.05, 0.1) is 11.0 Å². The van der Waals surface area contributed by atoms with E-state index in [1.165, 1.54) is 38.3 Å². The number of rotatable bonds is 7. The Morgan fingerprint density at radius 2 is 1.37 bits per heavy atom. The fourth-order valence-electron chi connectivity index (χ4n) is 8.58. The molecule has 54 heavy (non-hydrogen) atoms. The molecular formula is C50H41N3S. The average Bonchev–Trinajstić information content (AvgIpc) is 3.94. The largest absolute Gasteiger partial charge is 0.310 e. The summed E-state index contributed by atoms with van der Waals surface area (Å²) in [5, 5.41) is 0.432. The molecule has 0 amide bonds. The van der Waals surface area contributed by atoms with Gasteiger partial charge in [-0.05, 0) is 125 Å². The molecule has 3 aliphatic rings. The summed E-state index contributed by atoms with van der Waals surface area (Å²) in [4.78, 5) is 8.98. The number of hydrogen-bond donors (Lipinski definition) is 0. The van der Waals surface area contributed by atoms with E-state index in [9.17, 15) is 0 Å². The van der Waals surface area contributed by atoms with Gasteiger partial charge < -0.3 is 4.90 Å². The van der Waals surface area contributed by atoms with E-state index >= 15 is 0 Å². The monoisotopic (exact) mass is 715 g/mol. The van der Waals surface area contributed by atoms with Crippen LogP contribution < -0.4 is 4.90 Å². The lowest BCUT2D eigenvalue weighted by molar-refractivity contribution is 0.660. The Bertz CT molecular complexity index is 2620. The number of hydrogen-bond acceptors (Lipinski definition) is 3. The first kappa shape index (κ1) is 32.8. The van der Waals surface area contributed by atoms with Crippen molar-refractivity contribution in [2.45, 2.75) is 43.8 Å². The van der Waals surface area contributed by atoms with E-state index < -0.39 is 0 Å². The summed E-state index contributed by atoms with van der Waals surface area (Å²) < 4.78 is 2.27. The Balaban J connectivity index is 1.04. The minimum atomic E-state index is -0.0921. The van der Waals surface area contributed by atoms with Gasteiger partial charge in [-0.3, -0.25) is 4.57 Å². The highest BCUT2D eigenvalue weighted by molar-refractivity contribution is 8.03. The molecule has 7 aromatic rings. The second kappa shape index (κ2) is 13.2. The van der Waals surface area contributed by atoms with Crippen LogP contribution in [0.2, 0.25) is 0 Å². The van der Waals surface area contributed by atoms with Crippen molar-refractivity contribution in [1.82, 2.24) is 9.55 Å². The molecule has 6 aromatic carbocycles. The molecule has 1 aliphatic heterocycles. The molecule has 1 aromatic heterocycles.